The predicted molar refractivity (Wildman–Crippen MR) is 96.7 cm³/mol. The summed E-state index contributed by atoms with van der Waals surface area (Å²) in [4.78, 5) is 17.0. The topological polar surface area (TPSA) is 91.4 Å². The Labute approximate surface area is 151 Å². The highest BCUT2D eigenvalue weighted by molar-refractivity contribution is 5.57. The monoisotopic (exact) mass is 352 g/mol. The molecule has 0 spiro atoms. The minimum absolute atomic E-state index is 0.286. The SMILES string of the molecule is CN(Cc1cc(-c2cccnc2)no1)c1nccc(N2CCC(O)C2)n1. The van der Waals surface area contributed by atoms with Gasteiger partial charge in [-0.25, -0.2) is 4.98 Å². The van der Waals surface area contributed by atoms with Gasteiger partial charge in [-0.05, 0) is 24.6 Å². The molecule has 134 valence electrons. The molecule has 0 aliphatic carbocycles. The number of rotatable bonds is 5. The van der Waals surface area contributed by atoms with Crippen molar-refractivity contribution in [3.63, 3.8) is 0 Å². The zero-order valence-corrected chi connectivity index (χ0v) is 14.5. The first kappa shape index (κ1) is 16.5. The highest BCUT2D eigenvalue weighted by atomic mass is 16.5. The molecule has 3 aromatic rings. The Bertz CT molecular complexity index is 869. The van der Waals surface area contributed by atoms with Crippen molar-refractivity contribution in [1.82, 2.24) is 20.1 Å². The molecule has 8 nitrogen and oxygen atoms in total. The molecule has 1 atom stereocenters. The van der Waals surface area contributed by atoms with E-state index in [0.717, 1.165) is 35.8 Å². The summed E-state index contributed by atoms with van der Waals surface area (Å²) in [7, 11) is 1.91. The molecule has 4 heterocycles. The van der Waals surface area contributed by atoms with Gasteiger partial charge in [-0.1, -0.05) is 5.16 Å². The van der Waals surface area contributed by atoms with Crippen molar-refractivity contribution in [2.75, 3.05) is 29.9 Å². The Balaban J connectivity index is 1.47. The molecule has 1 N–H and O–H groups in total. The number of aliphatic hydroxyl groups excluding tert-OH is 1. The smallest absolute Gasteiger partial charge is 0.227 e. The van der Waals surface area contributed by atoms with E-state index in [9.17, 15) is 5.11 Å². The van der Waals surface area contributed by atoms with Crippen LogP contribution in [0, 0.1) is 0 Å². The van der Waals surface area contributed by atoms with E-state index in [1.807, 2.05) is 36.2 Å². The Morgan fingerprint density at radius 3 is 3.04 bits per heavy atom. The van der Waals surface area contributed by atoms with Crippen LogP contribution >= 0.6 is 0 Å². The third-order valence-electron chi connectivity index (χ3n) is 4.37. The third kappa shape index (κ3) is 3.50. The largest absolute Gasteiger partial charge is 0.391 e. The summed E-state index contributed by atoms with van der Waals surface area (Å²) in [6, 6.07) is 7.57. The maximum atomic E-state index is 9.71. The number of β-amino-alcohol motifs (C(OH)–C–C–N with tert-alkyl or cyclic N) is 1. The van der Waals surface area contributed by atoms with Gasteiger partial charge < -0.3 is 19.4 Å². The van der Waals surface area contributed by atoms with E-state index >= 15 is 0 Å². The Hall–Kier alpha value is -3.00. The maximum Gasteiger partial charge on any atom is 0.227 e. The molecular formula is C18H20N6O2. The fourth-order valence-electron chi connectivity index (χ4n) is 2.99. The number of pyridine rings is 1. The molecule has 1 unspecified atom stereocenters. The van der Waals surface area contributed by atoms with Crippen LogP contribution in [0.1, 0.15) is 12.2 Å². The van der Waals surface area contributed by atoms with Gasteiger partial charge in [0.15, 0.2) is 5.76 Å². The molecule has 26 heavy (non-hydrogen) atoms. The van der Waals surface area contributed by atoms with Crippen LogP contribution < -0.4 is 9.80 Å². The lowest BCUT2D eigenvalue weighted by Gasteiger charge is -2.20. The van der Waals surface area contributed by atoms with E-state index in [1.165, 1.54) is 0 Å². The standard InChI is InChI=1S/C18H20N6O2/c1-23(12-15-9-16(22-26-15)13-3-2-6-19-10-13)18-20-7-4-17(21-18)24-8-5-14(25)11-24/h2-4,6-7,9-10,14,25H,5,8,11-12H2,1H3. The first-order valence-corrected chi connectivity index (χ1v) is 8.52. The summed E-state index contributed by atoms with van der Waals surface area (Å²) < 4.78 is 5.44. The number of anilines is 2. The summed E-state index contributed by atoms with van der Waals surface area (Å²) in [6.45, 7) is 1.91. The normalized spacial score (nSPS) is 16.8. The number of aliphatic hydroxyl groups is 1. The zero-order valence-electron chi connectivity index (χ0n) is 14.5. The molecule has 0 bridgehead atoms. The van der Waals surface area contributed by atoms with Crippen molar-refractivity contribution in [2.45, 2.75) is 19.1 Å². The van der Waals surface area contributed by atoms with Crippen LogP contribution in [0.3, 0.4) is 0 Å². The summed E-state index contributed by atoms with van der Waals surface area (Å²) in [5.74, 6) is 2.15. The van der Waals surface area contributed by atoms with E-state index < -0.39 is 0 Å². The molecule has 0 saturated carbocycles. The van der Waals surface area contributed by atoms with E-state index in [0.29, 0.717) is 19.0 Å². The Morgan fingerprint density at radius 1 is 1.35 bits per heavy atom. The molecule has 0 amide bonds. The van der Waals surface area contributed by atoms with Crippen LogP contribution in [0.5, 0.6) is 0 Å². The van der Waals surface area contributed by atoms with Gasteiger partial charge >= 0.3 is 0 Å². The van der Waals surface area contributed by atoms with Crippen molar-refractivity contribution in [3.8, 4) is 11.3 Å². The van der Waals surface area contributed by atoms with Gasteiger partial charge in [-0.2, -0.15) is 4.98 Å². The van der Waals surface area contributed by atoms with Gasteiger partial charge in [0.1, 0.15) is 11.5 Å². The fourth-order valence-corrected chi connectivity index (χ4v) is 2.99. The maximum absolute atomic E-state index is 9.71. The van der Waals surface area contributed by atoms with Crippen LogP contribution in [0.4, 0.5) is 11.8 Å². The number of hydrogen-bond donors (Lipinski definition) is 1. The minimum Gasteiger partial charge on any atom is -0.391 e. The second kappa shape index (κ2) is 7.09. The fraction of sp³-hybridized carbons (Fsp3) is 0.333. The molecule has 4 rings (SSSR count). The highest BCUT2D eigenvalue weighted by Crippen LogP contribution is 2.22. The van der Waals surface area contributed by atoms with E-state index in [-0.39, 0.29) is 6.10 Å². The predicted octanol–water partition coefficient (Wildman–Crippen LogP) is 1.73. The van der Waals surface area contributed by atoms with Crippen LogP contribution in [0.2, 0.25) is 0 Å². The quantitative estimate of drug-likeness (QED) is 0.742. The molecular weight excluding hydrogens is 332 g/mol. The summed E-state index contributed by atoms with van der Waals surface area (Å²) in [5, 5.41) is 13.8. The van der Waals surface area contributed by atoms with Crippen LogP contribution in [0.25, 0.3) is 11.3 Å². The average Bonchev–Trinajstić information content (AvgIpc) is 3.32. The molecule has 0 aromatic carbocycles. The number of hydrogen-bond acceptors (Lipinski definition) is 8. The number of nitrogens with zero attached hydrogens (tertiary/aromatic N) is 6. The first-order chi connectivity index (χ1) is 12.7. The summed E-state index contributed by atoms with van der Waals surface area (Å²) >= 11 is 0. The lowest BCUT2D eigenvalue weighted by Crippen LogP contribution is -2.24. The van der Waals surface area contributed by atoms with Crippen molar-refractivity contribution in [1.29, 1.82) is 0 Å². The Kier molecular flexibility index (Phi) is 4.49. The van der Waals surface area contributed by atoms with Crippen LogP contribution in [-0.4, -0.2) is 51.5 Å². The summed E-state index contributed by atoms with van der Waals surface area (Å²) in [5.41, 5.74) is 1.67. The molecule has 1 saturated heterocycles. The second-order valence-electron chi connectivity index (χ2n) is 6.38. The molecule has 1 aliphatic rings. The van der Waals surface area contributed by atoms with E-state index in [2.05, 4.69) is 25.0 Å². The molecule has 1 fully saturated rings. The Morgan fingerprint density at radius 2 is 2.27 bits per heavy atom. The lowest BCUT2D eigenvalue weighted by atomic mass is 10.2. The van der Waals surface area contributed by atoms with Crippen LogP contribution in [-0.2, 0) is 6.54 Å². The lowest BCUT2D eigenvalue weighted by molar-refractivity contribution is 0.198. The molecule has 1 aliphatic heterocycles. The van der Waals surface area contributed by atoms with Crippen molar-refractivity contribution in [3.05, 3.63) is 48.6 Å². The third-order valence-corrected chi connectivity index (χ3v) is 4.37. The van der Waals surface area contributed by atoms with Gasteiger partial charge in [-0.15, -0.1) is 0 Å². The van der Waals surface area contributed by atoms with Crippen LogP contribution in [0.15, 0.2) is 47.4 Å². The average molecular weight is 352 g/mol. The number of aromatic nitrogens is 4. The van der Waals surface area contributed by atoms with Crippen molar-refractivity contribution >= 4 is 11.8 Å². The van der Waals surface area contributed by atoms with Gasteiger partial charge in [0.05, 0.1) is 12.6 Å². The summed E-state index contributed by atoms with van der Waals surface area (Å²) in [6.07, 6.45) is 5.70. The molecule has 0 radical (unpaired) electrons. The van der Waals surface area contributed by atoms with E-state index in [4.69, 9.17) is 4.52 Å². The van der Waals surface area contributed by atoms with Gasteiger partial charge in [0.2, 0.25) is 5.95 Å². The molecule has 8 heteroatoms. The van der Waals surface area contributed by atoms with Crippen molar-refractivity contribution < 1.29 is 9.63 Å². The minimum atomic E-state index is -0.286. The van der Waals surface area contributed by atoms with Gasteiger partial charge in [0.25, 0.3) is 0 Å². The van der Waals surface area contributed by atoms with E-state index in [1.54, 1.807) is 18.6 Å². The van der Waals surface area contributed by atoms with Gasteiger partial charge in [0, 0.05) is 50.4 Å². The first-order valence-electron chi connectivity index (χ1n) is 8.52. The van der Waals surface area contributed by atoms with Crippen molar-refractivity contribution in [2.24, 2.45) is 0 Å². The molecule has 3 aromatic heterocycles. The highest BCUT2D eigenvalue weighted by Gasteiger charge is 2.22. The second-order valence-corrected chi connectivity index (χ2v) is 6.38. The zero-order chi connectivity index (χ0) is 17.9. The van der Waals surface area contributed by atoms with Gasteiger partial charge in [-0.3, -0.25) is 4.98 Å².